The first kappa shape index (κ1) is 13.7. The molecule has 0 aromatic rings. The van der Waals surface area contributed by atoms with E-state index in [1.807, 2.05) is 6.92 Å². The summed E-state index contributed by atoms with van der Waals surface area (Å²) >= 11 is 1.63. The van der Waals surface area contributed by atoms with Crippen LogP contribution in [0.3, 0.4) is 0 Å². The molecule has 0 saturated heterocycles. The highest BCUT2D eigenvalue weighted by Crippen LogP contribution is 2.10. The lowest BCUT2D eigenvalue weighted by Gasteiger charge is -2.18. The number of rotatable bonds is 7. The number of carbonyl (C=O) groups excluding carboxylic acids is 1. The van der Waals surface area contributed by atoms with Gasteiger partial charge >= 0.3 is 0 Å². The fourth-order valence-electron chi connectivity index (χ4n) is 1.09. The van der Waals surface area contributed by atoms with Crippen molar-refractivity contribution in [1.29, 1.82) is 0 Å². The van der Waals surface area contributed by atoms with E-state index in [4.69, 9.17) is 5.84 Å². The number of nitrogens with zero attached hydrogens (tertiary/aromatic N) is 1. The monoisotopic (exact) mass is 219 g/mol. The van der Waals surface area contributed by atoms with Crippen molar-refractivity contribution in [2.75, 3.05) is 25.4 Å². The smallest absolute Gasteiger partial charge is 0.246 e. The second-order valence-corrected chi connectivity index (χ2v) is 4.50. The van der Waals surface area contributed by atoms with Crippen molar-refractivity contribution >= 4 is 17.7 Å². The Morgan fingerprint density at radius 2 is 2.07 bits per heavy atom. The number of hydrazine groups is 1. The SMILES string of the molecule is CCN(CC)CCSC(C)C(=O)NN. The third-order valence-electron chi connectivity index (χ3n) is 2.18. The molecule has 84 valence electrons. The zero-order valence-corrected chi connectivity index (χ0v) is 10.1. The lowest BCUT2D eigenvalue weighted by atomic mass is 10.5. The van der Waals surface area contributed by atoms with E-state index in [1.165, 1.54) is 0 Å². The molecule has 1 atom stereocenters. The molecule has 5 heteroatoms. The van der Waals surface area contributed by atoms with Gasteiger partial charge in [0.05, 0.1) is 5.25 Å². The average Bonchev–Trinajstić information content (AvgIpc) is 2.22. The van der Waals surface area contributed by atoms with Gasteiger partial charge in [-0.25, -0.2) is 5.84 Å². The quantitative estimate of drug-likeness (QED) is 0.370. The first-order valence-electron chi connectivity index (χ1n) is 5.00. The molecule has 0 spiro atoms. The number of carbonyl (C=O) groups is 1. The summed E-state index contributed by atoms with van der Waals surface area (Å²) in [6, 6.07) is 0. The lowest BCUT2D eigenvalue weighted by molar-refractivity contribution is -0.120. The second kappa shape index (κ2) is 8.08. The van der Waals surface area contributed by atoms with Crippen molar-refractivity contribution in [3.8, 4) is 0 Å². The van der Waals surface area contributed by atoms with Crippen LogP contribution in [0.25, 0.3) is 0 Å². The van der Waals surface area contributed by atoms with Gasteiger partial charge in [-0.1, -0.05) is 13.8 Å². The van der Waals surface area contributed by atoms with Gasteiger partial charge in [-0.15, -0.1) is 11.8 Å². The van der Waals surface area contributed by atoms with Crippen LogP contribution < -0.4 is 11.3 Å². The summed E-state index contributed by atoms with van der Waals surface area (Å²) in [4.78, 5) is 13.4. The van der Waals surface area contributed by atoms with Crippen LogP contribution in [0.2, 0.25) is 0 Å². The number of hydrogen-bond donors (Lipinski definition) is 2. The molecule has 1 amide bonds. The molecule has 0 bridgehead atoms. The molecule has 0 heterocycles. The molecule has 0 aromatic heterocycles. The number of nitrogens with one attached hydrogen (secondary N) is 1. The van der Waals surface area contributed by atoms with Crippen LogP contribution in [0.4, 0.5) is 0 Å². The van der Waals surface area contributed by atoms with E-state index in [2.05, 4.69) is 24.2 Å². The van der Waals surface area contributed by atoms with Gasteiger partial charge in [-0.2, -0.15) is 0 Å². The van der Waals surface area contributed by atoms with Gasteiger partial charge in [0.1, 0.15) is 0 Å². The second-order valence-electron chi connectivity index (χ2n) is 3.05. The zero-order chi connectivity index (χ0) is 11.0. The molecule has 3 N–H and O–H groups in total. The van der Waals surface area contributed by atoms with E-state index in [-0.39, 0.29) is 11.2 Å². The maximum absolute atomic E-state index is 11.1. The van der Waals surface area contributed by atoms with Crippen molar-refractivity contribution in [2.24, 2.45) is 5.84 Å². The van der Waals surface area contributed by atoms with Crippen molar-refractivity contribution in [2.45, 2.75) is 26.0 Å². The van der Waals surface area contributed by atoms with Crippen LogP contribution in [-0.4, -0.2) is 41.4 Å². The number of thioether (sulfide) groups is 1. The zero-order valence-electron chi connectivity index (χ0n) is 9.25. The van der Waals surface area contributed by atoms with Gasteiger partial charge in [0.25, 0.3) is 0 Å². The van der Waals surface area contributed by atoms with Crippen molar-refractivity contribution in [3.05, 3.63) is 0 Å². The van der Waals surface area contributed by atoms with Crippen LogP contribution in [0, 0.1) is 0 Å². The highest BCUT2D eigenvalue weighted by molar-refractivity contribution is 8.00. The summed E-state index contributed by atoms with van der Waals surface area (Å²) in [6.45, 7) is 9.31. The fraction of sp³-hybridized carbons (Fsp3) is 0.889. The Morgan fingerprint density at radius 3 is 2.50 bits per heavy atom. The van der Waals surface area contributed by atoms with Crippen LogP contribution >= 0.6 is 11.8 Å². The van der Waals surface area contributed by atoms with Gasteiger partial charge in [0.15, 0.2) is 0 Å². The Balaban J connectivity index is 3.57. The minimum absolute atomic E-state index is 0.0597. The van der Waals surface area contributed by atoms with Crippen LogP contribution in [-0.2, 0) is 4.79 Å². The molecule has 0 aliphatic heterocycles. The summed E-state index contributed by atoms with van der Waals surface area (Å²) in [5, 5.41) is -0.0597. The molecule has 0 aliphatic carbocycles. The third-order valence-corrected chi connectivity index (χ3v) is 3.31. The van der Waals surface area contributed by atoms with E-state index in [9.17, 15) is 4.79 Å². The Bertz CT molecular complexity index is 162. The van der Waals surface area contributed by atoms with Gasteiger partial charge in [-0.3, -0.25) is 10.2 Å². The minimum atomic E-state index is -0.102. The minimum Gasteiger partial charge on any atom is -0.303 e. The Kier molecular flexibility index (Phi) is 7.93. The molecular weight excluding hydrogens is 198 g/mol. The van der Waals surface area contributed by atoms with Crippen molar-refractivity contribution in [3.63, 3.8) is 0 Å². The summed E-state index contributed by atoms with van der Waals surface area (Å²) in [7, 11) is 0. The predicted molar refractivity (Wildman–Crippen MR) is 62.0 cm³/mol. The van der Waals surface area contributed by atoms with Gasteiger partial charge in [0, 0.05) is 12.3 Å². The predicted octanol–water partition coefficient (Wildman–Crippen LogP) is 0.440. The lowest BCUT2D eigenvalue weighted by Crippen LogP contribution is -2.36. The molecule has 0 saturated carbocycles. The van der Waals surface area contributed by atoms with Crippen LogP contribution in [0.1, 0.15) is 20.8 Å². The van der Waals surface area contributed by atoms with E-state index in [0.29, 0.717) is 0 Å². The molecule has 4 nitrogen and oxygen atoms in total. The molecule has 0 rings (SSSR count). The summed E-state index contributed by atoms with van der Waals surface area (Å²) < 4.78 is 0. The first-order valence-corrected chi connectivity index (χ1v) is 6.04. The molecule has 14 heavy (non-hydrogen) atoms. The maximum Gasteiger partial charge on any atom is 0.246 e. The van der Waals surface area contributed by atoms with Gasteiger partial charge in [0.2, 0.25) is 5.91 Å². The average molecular weight is 219 g/mol. The van der Waals surface area contributed by atoms with E-state index in [0.717, 1.165) is 25.4 Å². The fourth-order valence-corrected chi connectivity index (χ4v) is 2.03. The summed E-state index contributed by atoms with van der Waals surface area (Å²) in [5.41, 5.74) is 2.16. The largest absolute Gasteiger partial charge is 0.303 e. The number of hydrogen-bond acceptors (Lipinski definition) is 4. The van der Waals surface area contributed by atoms with E-state index < -0.39 is 0 Å². The molecule has 0 fully saturated rings. The Hall–Kier alpha value is -0.260. The number of nitrogens with two attached hydrogens (primary N) is 1. The Labute approximate surface area is 90.6 Å². The topological polar surface area (TPSA) is 58.4 Å². The van der Waals surface area contributed by atoms with Crippen LogP contribution in [0.5, 0.6) is 0 Å². The maximum atomic E-state index is 11.1. The normalized spacial score (nSPS) is 12.9. The highest BCUT2D eigenvalue weighted by Gasteiger charge is 2.11. The first-order chi connectivity index (χ1) is 6.65. The standard InChI is InChI=1S/C9H21N3OS/c1-4-12(5-2)6-7-14-8(3)9(13)11-10/h8H,4-7,10H2,1-3H3,(H,11,13). The Morgan fingerprint density at radius 1 is 1.50 bits per heavy atom. The molecule has 0 radical (unpaired) electrons. The molecule has 0 aromatic carbocycles. The van der Waals surface area contributed by atoms with Gasteiger partial charge < -0.3 is 4.90 Å². The summed E-state index contributed by atoms with van der Waals surface area (Å²) in [5.74, 6) is 5.90. The summed E-state index contributed by atoms with van der Waals surface area (Å²) in [6.07, 6.45) is 0. The molecule has 1 unspecified atom stereocenters. The van der Waals surface area contributed by atoms with Crippen molar-refractivity contribution in [1.82, 2.24) is 10.3 Å². The van der Waals surface area contributed by atoms with Crippen LogP contribution in [0.15, 0.2) is 0 Å². The van der Waals surface area contributed by atoms with Crippen molar-refractivity contribution < 1.29 is 4.79 Å². The van der Waals surface area contributed by atoms with E-state index >= 15 is 0 Å². The number of amides is 1. The molecular formula is C9H21N3OS. The molecule has 0 aliphatic rings. The third kappa shape index (κ3) is 5.47. The van der Waals surface area contributed by atoms with E-state index in [1.54, 1.807) is 11.8 Å². The van der Waals surface area contributed by atoms with Gasteiger partial charge in [-0.05, 0) is 20.0 Å². The highest BCUT2D eigenvalue weighted by atomic mass is 32.2.